The van der Waals surface area contributed by atoms with Crippen LogP contribution >= 0.6 is 11.6 Å². The van der Waals surface area contributed by atoms with E-state index in [1.54, 1.807) is 18.5 Å². The van der Waals surface area contributed by atoms with Crippen LogP contribution in [0.1, 0.15) is 22.3 Å². The number of carbonyl (C=O) groups excluding carboxylic acids is 2. The van der Waals surface area contributed by atoms with Gasteiger partial charge < -0.3 is 20.0 Å². The molecular formula is C24H30ClN5O2. The standard InChI is InChI=1S/C24H30ClN5O2/c1-16-4-5-19(10-21(16)25)27-23(31)7-9-29-12-17-14-30(15-18(17)13-29)24(32)20-11-26-8-6-22(20)28(2)3/h4-6,8,10-11,17-18H,7,9,12-15H2,1-3H3,(H,27,31). The highest BCUT2D eigenvalue weighted by atomic mass is 35.5. The molecule has 4 rings (SSSR count). The van der Waals surface area contributed by atoms with Gasteiger partial charge >= 0.3 is 0 Å². The summed E-state index contributed by atoms with van der Waals surface area (Å²) in [5, 5.41) is 3.58. The van der Waals surface area contributed by atoms with Crippen molar-refractivity contribution in [2.45, 2.75) is 13.3 Å². The van der Waals surface area contributed by atoms with E-state index < -0.39 is 0 Å². The number of nitrogens with zero attached hydrogens (tertiary/aromatic N) is 4. The molecule has 1 aromatic carbocycles. The van der Waals surface area contributed by atoms with Gasteiger partial charge in [0.2, 0.25) is 5.91 Å². The predicted octanol–water partition coefficient (Wildman–Crippen LogP) is 3.14. The fraction of sp³-hybridized carbons (Fsp3) is 0.458. The minimum absolute atomic E-state index is 0.00780. The van der Waals surface area contributed by atoms with Gasteiger partial charge in [-0.15, -0.1) is 0 Å². The third-order valence-electron chi connectivity index (χ3n) is 6.47. The smallest absolute Gasteiger partial charge is 0.257 e. The van der Waals surface area contributed by atoms with E-state index in [1.165, 1.54) is 0 Å². The van der Waals surface area contributed by atoms with Crippen LogP contribution in [-0.2, 0) is 4.79 Å². The van der Waals surface area contributed by atoms with Crippen molar-refractivity contribution >= 4 is 34.8 Å². The fourth-order valence-electron chi connectivity index (χ4n) is 4.70. The fourth-order valence-corrected chi connectivity index (χ4v) is 4.89. The zero-order valence-electron chi connectivity index (χ0n) is 18.8. The van der Waals surface area contributed by atoms with E-state index in [2.05, 4.69) is 15.2 Å². The summed E-state index contributed by atoms with van der Waals surface area (Å²) in [4.78, 5) is 35.9. The largest absolute Gasteiger partial charge is 0.377 e. The number of hydrogen-bond donors (Lipinski definition) is 1. The molecule has 2 atom stereocenters. The molecule has 170 valence electrons. The number of rotatable bonds is 6. The lowest BCUT2D eigenvalue weighted by molar-refractivity contribution is -0.116. The first-order valence-electron chi connectivity index (χ1n) is 11.0. The van der Waals surface area contributed by atoms with Crippen molar-refractivity contribution < 1.29 is 9.59 Å². The van der Waals surface area contributed by atoms with Crippen LogP contribution in [0.4, 0.5) is 11.4 Å². The van der Waals surface area contributed by atoms with Crippen molar-refractivity contribution in [2.75, 3.05) is 57.0 Å². The summed E-state index contributed by atoms with van der Waals surface area (Å²) in [7, 11) is 3.87. The number of pyridine rings is 1. The summed E-state index contributed by atoms with van der Waals surface area (Å²) in [5.74, 6) is 0.959. The maximum absolute atomic E-state index is 13.1. The van der Waals surface area contributed by atoms with Gasteiger partial charge in [0.25, 0.3) is 5.91 Å². The van der Waals surface area contributed by atoms with Crippen LogP contribution in [0.2, 0.25) is 5.02 Å². The van der Waals surface area contributed by atoms with Gasteiger partial charge in [0.1, 0.15) is 0 Å². The van der Waals surface area contributed by atoms with Gasteiger partial charge in [-0.25, -0.2) is 0 Å². The number of hydrogen-bond acceptors (Lipinski definition) is 5. The lowest BCUT2D eigenvalue weighted by atomic mass is 10.0. The molecule has 2 aliphatic rings. The minimum Gasteiger partial charge on any atom is -0.377 e. The number of aromatic nitrogens is 1. The lowest BCUT2D eigenvalue weighted by Gasteiger charge is -2.23. The Bertz CT molecular complexity index is 998. The molecule has 3 heterocycles. The quantitative estimate of drug-likeness (QED) is 0.724. The van der Waals surface area contributed by atoms with Crippen LogP contribution in [0.3, 0.4) is 0 Å². The van der Waals surface area contributed by atoms with E-state index in [0.717, 1.165) is 49.7 Å². The van der Waals surface area contributed by atoms with Gasteiger partial charge in [-0.1, -0.05) is 17.7 Å². The highest BCUT2D eigenvalue weighted by Gasteiger charge is 2.42. The zero-order chi connectivity index (χ0) is 22.8. The molecular weight excluding hydrogens is 426 g/mol. The molecule has 8 heteroatoms. The Morgan fingerprint density at radius 1 is 1.16 bits per heavy atom. The van der Waals surface area contributed by atoms with E-state index in [4.69, 9.17) is 11.6 Å². The Morgan fingerprint density at radius 2 is 1.88 bits per heavy atom. The Balaban J connectivity index is 1.26. The lowest BCUT2D eigenvalue weighted by Crippen LogP contribution is -2.35. The molecule has 2 aromatic rings. The van der Waals surface area contributed by atoms with Gasteiger partial charge in [-0.05, 0) is 42.5 Å². The summed E-state index contributed by atoms with van der Waals surface area (Å²) in [6.45, 7) is 6.02. The Labute approximate surface area is 194 Å². The molecule has 1 aromatic heterocycles. The number of amides is 2. The average molecular weight is 456 g/mol. The van der Waals surface area contributed by atoms with Gasteiger partial charge in [-0.3, -0.25) is 14.6 Å². The first-order chi connectivity index (χ1) is 15.3. The van der Waals surface area contributed by atoms with Crippen molar-refractivity contribution in [1.29, 1.82) is 0 Å². The highest BCUT2D eigenvalue weighted by molar-refractivity contribution is 6.31. The molecule has 0 bridgehead atoms. The molecule has 32 heavy (non-hydrogen) atoms. The second-order valence-electron chi connectivity index (χ2n) is 9.04. The molecule has 0 radical (unpaired) electrons. The van der Waals surface area contributed by atoms with Crippen LogP contribution < -0.4 is 10.2 Å². The number of benzene rings is 1. The van der Waals surface area contributed by atoms with Gasteiger partial charge in [0.15, 0.2) is 0 Å². The number of halogens is 1. The van der Waals surface area contributed by atoms with Crippen LogP contribution in [0, 0.1) is 18.8 Å². The van der Waals surface area contributed by atoms with Crippen molar-refractivity contribution in [3.05, 3.63) is 52.8 Å². The van der Waals surface area contributed by atoms with E-state index >= 15 is 0 Å². The number of fused-ring (bicyclic) bond motifs is 1. The first kappa shape index (κ1) is 22.6. The van der Waals surface area contributed by atoms with E-state index in [0.29, 0.717) is 28.8 Å². The van der Waals surface area contributed by atoms with Crippen LogP contribution in [0.5, 0.6) is 0 Å². The van der Waals surface area contributed by atoms with Crippen LogP contribution in [-0.4, -0.2) is 73.4 Å². The number of aryl methyl sites for hydroxylation is 1. The maximum Gasteiger partial charge on any atom is 0.257 e. The summed E-state index contributed by atoms with van der Waals surface area (Å²) in [6.07, 6.45) is 3.82. The second kappa shape index (κ2) is 9.46. The number of carbonyl (C=O) groups is 2. The Morgan fingerprint density at radius 3 is 2.53 bits per heavy atom. The minimum atomic E-state index is -0.00780. The maximum atomic E-state index is 13.1. The van der Waals surface area contributed by atoms with Gasteiger partial charge in [-0.2, -0.15) is 0 Å². The van der Waals surface area contributed by atoms with E-state index in [9.17, 15) is 9.59 Å². The monoisotopic (exact) mass is 455 g/mol. The number of anilines is 2. The molecule has 7 nitrogen and oxygen atoms in total. The third kappa shape index (κ3) is 4.89. The average Bonchev–Trinajstić information content (AvgIpc) is 3.33. The molecule has 0 saturated carbocycles. The second-order valence-corrected chi connectivity index (χ2v) is 9.45. The van der Waals surface area contributed by atoms with E-state index in [-0.39, 0.29) is 11.8 Å². The number of nitrogens with one attached hydrogen (secondary N) is 1. The summed E-state index contributed by atoms with van der Waals surface area (Å²) >= 11 is 6.14. The molecule has 2 saturated heterocycles. The first-order valence-corrected chi connectivity index (χ1v) is 11.4. The summed E-state index contributed by atoms with van der Waals surface area (Å²) in [6, 6.07) is 7.43. The van der Waals surface area contributed by atoms with Crippen molar-refractivity contribution in [2.24, 2.45) is 11.8 Å². The third-order valence-corrected chi connectivity index (χ3v) is 6.88. The molecule has 2 fully saturated rings. The van der Waals surface area contributed by atoms with Gasteiger partial charge in [0.05, 0.1) is 11.3 Å². The van der Waals surface area contributed by atoms with Crippen LogP contribution in [0.15, 0.2) is 36.7 Å². The topological polar surface area (TPSA) is 68.8 Å². The van der Waals surface area contributed by atoms with Crippen molar-refractivity contribution in [1.82, 2.24) is 14.8 Å². The SMILES string of the molecule is Cc1ccc(NC(=O)CCN2CC3CN(C(=O)c4cnccc4N(C)C)CC3C2)cc1Cl. The molecule has 2 unspecified atom stereocenters. The molecule has 2 amide bonds. The van der Waals surface area contributed by atoms with Crippen molar-refractivity contribution in [3.8, 4) is 0 Å². The summed E-state index contributed by atoms with van der Waals surface area (Å²) in [5.41, 5.74) is 3.26. The Kier molecular flexibility index (Phi) is 6.67. The zero-order valence-corrected chi connectivity index (χ0v) is 19.6. The molecule has 0 aliphatic carbocycles. The normalized spacial score (nSPS) is 20.3. The molecule has 1 N–H and O–H groups in total. The Hall–Kier alpha value is -2.64. The summed E-state index contributed by atoms with van der Waals surface area (Å²) < 4.78 is 0. The van der Waals surface area contributed by atoms with Crippen molar-refractivity contribution in [3.63, 3.8) is 0 Å². The molecule has 2 aliphatic heterocycles. The van der Waals surface area contributed by atoms with E-state index in [1.807, 2.05) is 49.0 Å². The van der Waals surface area contributed by atoms with Crippen LogP contribution in [0.25, 0.3) is 0 Å². The van der Waals surface area contributed by atoms with Gasteiger partial charge in [0, 0.05) is 76.3 Å². The predicted molar refractivity (Wildman–Crippen MR) is 127 cm³/mol. The number of likely N-dealkylation sites (tertiary alicyclic amines) is 2. The highest BCUT2D eigenvalue weighted by Crippen LogP contribution is 2.33. The molecule has 0 spiro atoms.